The standard InChI is InChI=1S/C19H11BF10/c21-10-8(11(22)15(26)18(29)14(10)25)20(7-4-5-1-2-6(7)3-5)9-12(23)16(27)19(30)17(28)13(9)24/h5-7H,1-4H2/q-1. The fourth-order valence-corrected chi connectivity index (χ4v) is 5.06. The second-order valence-corrected chi connectivity index (χ2v) is 7.78. The minimum absolute atomic E-state index is 0.0370. The van der Waals surface area contributed by atoms with Gasteiger partial charge in [0.1, 0.15) is 23.3 Å². The first kappa shape index (κ1) is 21.1. The fourth-order valence-electron chi connectivity index (χ4n) is 5.06. The van der Waals surface area contributed by atoms with Crippen molar-refractivity contribution in [1.82, 2.24) is 0 Å². The Morgan fingerprint density at radius 1 is 0.467 bits per heavy atom. The summed E-state index contributed by atoms with van der Waals surface area (Å²) in [7, 11) is 0. The molecule has 11 heteroatoms. The van der Waals surface area contributed by atoms with Gasteiger partial charge in [0.05, 0.1) is 0 Å². The summed E-state index contributed by atoms with van der Waals surface area (Å²) in [5.41, 5.74) is -3.18. The van der Waals surface area contributed by atoms with Crippen LogP contribution in [0.4, 0.5) is 43.9 Å². The number of hydrogen-bond donors (Lipinski definition) is 0. The van der Waals surface area contributed by atoms with E-state index in [2.05, 4.69) is 0 Å². The minimum atomic E-state index is -2.49. The van der Waals surface area contributed by atoms with Crippen LogP contribution in [0.3, 0.4) is 0 Å². The molecule has 4 rings (SSSR count). The second-order valence-electron chi connectivity index (χ2n) is 7.78. The lowest BCUT2D eigenvalue weighted by molar-refractivity contribution is 0.380. The zero-order chi connectivity index (χ0) is 22.1. The summed E-state index contributed by atoms with van der Waals surface area (Å²) in [6.07, 6.45) is 1.68. The van der Waals surface area contributed by atoms with Crippen molar-refractivity contribution >= 4 is 17.6 Å². The number of hydrogen-bond acceptors (Lipinski definition) is 0. The van der Waals surface area contributed by atoms with E-state index in [1.54, 1.807) is 0 Å². The van der Waals surface area contributed by atoms with Crippen LogP contribution in [0.1, 0.15) is 25.7 Å². The quantitative estimate of drug-likeness (QED) is 0.277. The first-order valence-electron chi connectivity index (χ1n) is 9.08. The topological polar surface area (TPSA) is 0 Å². The first-order valence-corrected chi connectivity index (χ1v) is 9.08. The SMILES string of the molecule is Fc1c(F)c(F)c([B-](c2c(F)c(F)c(F)c(F)c2F)C2CC3CCC2C3)c(F)c1F. The maximum Gasteiger partial charge on any atom is 0.200 e. The zero-order valence-electron chi connectivity index (χ0n) is 14.9. The van der Waals surface area contributed by atoms with Gasteiger partial charge in [-0.3, -0.25) is 0 Å². The molecular weight excluding hydrogens is 429 g/mol. The Hall–Kier alpha value is -2.20. The van der Waals surface area contributed by atoms with Gasteiger partial charge < -0.3 is 0 Å². The van der Waals surface area contributed by atoms with Crippen LogP contribution >= 0.6 is 0 Å². The molecule has 2 aromatic rings. The summed E-state index contributed by atoms with van der Waals surface area (Å²) in [5, 5.41) is 0. The molecule has 161 valence electrons. The Labute approximate surface area is 164 Å². The van der Waals surface area contributed by atoms with Crippen molar-refractivity contribution in [3.05, 3.63) is 58.2 Å². The monoisotopic (exact) mass is 440 g/mol. The largest absolute Gasteiger partial charge is 0.207 e. The molecule has 2 aliphatic carbocycles. The zero-order valence-corrected chi connectivity index (χ0v) is 14.9. The summed E-state index contributed by atoms with van der Waals surface area (Å²) >= 11 is 0. The van der Waals surface area contributed by atoms with E-state index in [0.717, 1.165) is 0 Å². The van der Waals surface area contributed by atoms with Gasteiger partial charge in [-0.1, -0.05) is 31.6 Å². The van der Waals surface area contributed by atoms with E-state index in [4.69, 9.17) is 0 Å². The molecule has 0 N–H and O–H groups in total. The summed E-state index contributed by atoms with van der Waals surface area (Å²) in [5.74, 6) is -25.4. The lowest BCUT2D eigenvalue weighted by atomic mass is 9.31. The van der Waals surface area contributed by atoms with Crippen LogP contribution in [0.15, 0.2) is 0 Å². The van der Waals surface area contributed by atoms with E-state index in [0.29, 0.717) is 19.3 Å². The molecule has 3 atom stereocenters. The van der Waals surface area contributed by atoms with E-state index in [1.165, 1.54) is 0 Å². The molecule has 1 radical (unpaired) electrons. The van der Waals surface area contributed by atoms with Crippen LogP contribution in [0.5, 0.6) is 0 Å². The van der Waals surface area contributed by atoms with Crippen LogP contribution < -0.4 is 10.9 Å². The Bertz CT molecular complexity index is 925. The molecule has 0 aromatic heterocycles. The Morgan fingerprint density at radius 2 is 0.833 bits per heavy atom. The van der Waals surface area contributed by atoms with Gasteiger partial charge in [0, 0.05) is 0 Å². The van der Waals surface area contributed by atoms with Gasteiger partial charge in [-0.05, 0) is 12.6 Å². The predicted molar refractivity (Wildman–Crippen MR) is 86.7 cm³/mol. The average molecular weight is 440 g/mol. The lowest BCUT2D eigenvalue weighted by Gasteiger charge is -2.41. The molecule has 30 heavy (non-hydrogen) atoms. The highest BCUT2D eigenvalue weighted by Gasteiger charge is 2.42. The first-order chi connectivity index (χ1) is 14.1. The van der Waals surface area contributed by atoms with Crippen molar-refractivity contribution in [3.63, 3.8) is 0 Å². The van der Waals surface area contributed by atoms with Gasteiger partial charge in [0.2, 0.25) is 0 Å². The second kappa shape index (κ2) is 7.20. The highest BCUT2D eigenvalue weighted by Crippen LogP contribution is 2.53. The van der Waals surface area contributed by atoms with E-state index in [1.807, 2.05) is 0 Å². The Morgan fingerprint density at radius 3 is 1.13 bits per heavy atom. The van der Waals surface area contributed by atoms with Gasteiger partial charge in [0.15, 0.2) is 34.9 Å². The highest BCUT2D eigenvalue weighted by molar-refractivity contribution is 6.86. The van der Waals surface area contributed by atoms with E-state index >= 15 is 0 Å². The summed E-state index contributed by atoms with van der Waals surface area (Å²) < 4.78 is 140. The van der Waals surface area contributed by atoms with Gasteiger partial charge >= 0.3 is 0 Å². The maximum atomic E-state index is 14.6. The van der Waals surface area contributed by atoms with Crippen LogP contribution in [-0.2, 0) is 0 Å². The molecule has 0 aliphatic heterocycles. The number of fused-ring (bicyclic) bond motifs is 2. The van der Waals surface area contributed by atoms with Gasteiger partial charge in [-0.25, -0.2) is 43.9 Å². The van der Waals surface area contributed by atoms with Crippen LogP contribution in [0, 0.1) is 70.0 Å². The molecule has 2 fully saturated rings. The number of rotatable bonds is 3. The Kier molecular flexibility index (Phi) is 5.05. The molecular formula is C19H11BF10-. The van der Waals surface area contributed by atoms with E-state index < -0.39 is 87.5 Å². The molecule has 2 bridgehead atoms. The normalized spacial score (nSPS) is 23.1. The van der Waals surface area contributed by atoms with Crippen LogP contribution in [-0.4, -0.2) is 6.71 Å². The maximum absolute atomic E-state index is 14.6. The third kappa shape index (κ3) is 2.84. The molecule has 2 aromatic carbocycles. The Balaban J connectivity index is 2.05. The fraction of sp³-hybridized carbons (Fsp3) is 0.368. The van der Waals surface area contributed by atoms with Crippen LogP contribution in [0.2, 0.25) is 5.82 Å². The predicted octanol–water partition coefficient (Wildman–Crippen LogP) is 4.88. The van der Waals surface area contributed by atoms with E-state index in [-0.39, 0.29) is 12.3 Å². The molecule has 0 spiro atoms. The van der Waals surface area contributed by atoms with Crippen molar-refractivity contribution in [1.29, 1.82) is 0 Å². The molecule has 0 saturated heterocycles. The highest BCUT2D eigenvalue weighted by atomic mass is 19.2. The minimum Gasteiger partial charge on any atom is -0.207 e. The van der Waals surface area contributed by atoms with Crippen LogP contribution in [0.25, 0.3) is 0 Å². The molecule has 3 unspecified atom stereocenters. The van der Waals surface area contributed by atoms with E-state index in [9.17, 15) is 43.9 Å². The van der Waals surface area contributed by atoms with Crippen molar-refractivity contribution in [2.24, 2.45) is 11.8 Å². The lowest BCUT2D eigenvalue weighted by Crippen LogP contribution is -2.54. The summed E-state index contributed by atoms with van der Waals surface area (Å²) in [4.78, 5) is 0. The molecule has 2 aliphatic rings. The van der Waals surface area contributed by atoms with Crippen molar-refractivity contribution in [2.75, 3.05) is 0 Å². The van der Waals surface area contributed by atoms with Crippen molar-refractivity contribution in [3.8, 4) is 0 Å². The smallest absolute Gasteiger partial charge is 0.200 e. The number of halogens is 10. The van der Waals surface area contributed by atoms with Gasteiger partial charge in [-0.2, -0.15) is 16.7 Å². The molecule has 2 saturated carbocycles. The molecule has 0 heterocycles. The third-order valence-electron chi connectivity index (χ3n) is 6.33. The number of benzene rings is 2. The van der Waals surface area contributed by atoms with Gasteiger partial charge in [0.25, 0.3) is 0 Å². The summed E-state index contributed by atoms with van der Waals surface area (Å²) in [6, 6.07) is 0. The molecule has 0 amide bonds. The third-order valence-corrected chi connectivity index (χ3v) is 6.33. The molecule has 0 nitrogen and oxygen atoms in total. The van der Waals surface area contributed by atoms with Crippen molar-refractivity contribution in [2.45, 2.75) is 31.5 Å². The average Bonchev–Trinajstić information content (AvgIpc) is 3.36. The summed E-state index contributed by atoms with van der Waals surface area (Å²) in [6.45, 7) is -2.24. The van der Waals surface area contributed by atoms with Crippen molar-refractivity contribution < 1.29 is 43.9 Å². The van der Waals surface area contributed by atoms with Gasteiger partial charge in [-0.15, -0.1) is 0 Å².